The number of rotatable bonds is 2. The molecule has 0 unspecified atom stereocenters. The number of halogens is 1. The quantitative estimate of drug-likeness (QED) is 0.562. The summed E-state index contributed by atoms with van der Waals surface area (Å²) in [6.45, 7) is 2.16. The fourth-order valence-electron chi connectivity index (χ4n) is 1.62. The van der Waals surface area contributed by atoms with Crippen LogP contribution in [0.3, 0.4) is 0 Å². The highest BCUT2D eigenvalue weighted by Crippen LogP contribution is 2.22. The normalized spacial score (nSPS) is 10.0. The van der Waals surface area contributed by atoms with Crippen LogP contribution in [0.15, 0.2) is 30.3 Å². The second-order valence-electron chi connectivity index (χ2n) is 3.91. The van der Waals surface area contributed by atoms with Crippen molar-refractivity contribution in [3.63, 3.8) is 0 Å². The number of hydrogen-bond donors (Lipinski definition) is 0. The van der Waals surface area contributed by atoms with Gasteiger partial charge in [-0.25, -0.2) is 4.98 Å². The Morgan fingerprint density at radius 3 is 2.94 bits per heavy atom. The number of pyridine rings is 1. The fourth-order valence-corrected chi connectivity index (χ4v) is 1.88. The molecule has 0 amide bonds. The van der Waals surface area contributed by atoms with E-state index >= 15 is 0 Å². The number of para-hydroxylation sites is 1. The summed E-state index contributed by atoms with van der Waals surface area (Å²) < 4.78 is 0. The molecule has 17 heavy (non-hydrogen) atoms. The molecule has 0 fully saturated rings. The zero-order valence-electron chi connectivity index (χ0n) is 9.83. The zero-order chi connectivity index (χ0) is 12.1. The summed E-state index contributed by atoms with van der Waals surface area (Å²) in [6.07, 6.45) is 3.22. The minimum absolute atomic E-state index is 0.718. The van der Waals surface area contributed by atoms with Gasteiger partial charge < -0.3 is 0 Å². The van der Waals surface area contributed by atoms with Gasteiger partial charge in [0.1, 0.15) is 5.69 Å². The second kappa shape index (κ2) is 5.70. The van der Waals surface area contributed by atoms with Crippen molar-refractivity contribution in [2.45, 2.75) is 26.2 Å². The van der Waals surface area contributed by atoms with E-state index < -0.39 is 0 Å². The molecule has 1 heterocycles. The Balaban J connectivity index is 2.32. The lowest BCUT2D eigenvalue weighted by Crippen LogP contribution is -1.85. The number of fused-ring (bicyclic) bond motifs is 1. The van der Waals surface area contributed by atoms with Gasteiger partial charge in [0.15, 0.2) is 0 Å². The second-order valence-corrected chi connectivity index (χ2v) is 4.32. The Labute approximate surface area is 107 Å². The third-order valence-corrected chi connectivity index (χ3v) is 2.85. The smallest absolute Gasteiger partial charge is 0.115 e. The summed E-state index contributed by atoms with van der Waals surface area (Å²) in [5.74, 6) is 6.19. The Hall–Kier alpha value is -1.52. The van der Waals surface area contributed by atoms with Crippen LogP contribution in [-0.4, -0.2) is 4.98 Å². The first kappa shape index (κ1) is 12.0. The predicted molar refractivity (Wildman–Crippen MR) is 73.2 cm³/mol. The molecule has 0 aliphatic heterocycles. The average molecular weight is 244 g/mol. The van der Waals surface area contributed by atoms with Crippen LogP contribution in [0.2, 0.25) is 5.02 Å². The molecule has 1 aromatic carbocycles. The van der Waals surface area contributed by atoms with Gasteiger partial charge in [-0.3, -0.25) is 0 Å². The van der Waals surface area contributed by atoms with Crippen LogP contribution in [0, 0.1) is 11.8 Å². The largest absolute Gasteiger partial charge is 0.239 e. The summed E-state index contributed by atoms with van der Waals surface area (Å²) >= 11 is 6.19. The van der Waals surface area contributed by atoms with Crippen LogP contribution < -0.4 is 0 Å². The van der Waals surface area contributed by atoms with Crippen molar-refractivity contribution in [2.24, 2.45) is 0 Å². The van der Waals surface area contributed by atoms with E-state index in [1.165, 1.54) is 6.42 Å². The number of nitrogens with zero attached hydrogens (tertiary/aromatic N) is 1. The summed E-state index contributed by atoms with van der Waals surface area (Å²) in [4.78, 5) is 4.48. The van der Waals surface area contributed by atoms with Crippen molar-refractivity contribution in [3.8, 4) is 11.8 Å². The van der Waals surface area contributed by atoms with Crippen molar-refractivity contribution >= 4 is 22.5 Å². The van der Waals surface area contributed by atoms with Crippen molar-refractivity contribution < 1.29 is 0 Å². The molecule has 0 atom stereocenters. The fraction of sp³-hybridized carbons (Fsp3) is 0.267. The topological polar surface area (TPSA) is 12.9 Å². The van der Waals surface area contributed by atoms with Crippen LogP contribution in [-0.2, 0) is 0 Å². The van der Waals surface area contributed by atoms with E-state index in [9.17, 15) is 0 Å². The first-order valence-electron chi connectivity index (χ1n) is 5.85. The predicted octanol–water partition coefficient (Wildman–Crippen LogP) is 4.43. The molecule has 0 bridgehead atoms. The maximum atomic E-state index is 6.19. The molecule has 86 valence electrons. The van der Waals surface area contributed by atoms with Gasteiger partial charge >= 0.3 is 0 Å². The molecular weight excluding hydrogens is 230 g/mol. The molecule has 0 saturated carbocycles. The van der Waals surface area contributed by atoms with Crippen LogP contribution in [0.25, 0.3) is 10.9 Å². The van der Waals surface area contributed by atoms with E-state index in [4.69, 9.17) is 11.6 Å². The molecule has 0 aliphatic carbocycles. The molecule has 2 rings (SSSR count). The molecule has 2 heteroatoms. The van der Waals surface area contributed by atoms with Crippen molar-refractivity contribution in [1.82, 2.24) is 4.98 Å². The highest BCUT2D eigenvalue weighted by molar-refractivity contribution is 6.35. The summed E-state index contributed by atoms with van der Waals surface area (Å²) in [5.41, 5.74) is 1.66. The molecule has 0 saturated heterocycles. The molecule has 1 aromatic heterocycles. The molecule has 0 spiro atoms. The van der Waals surface area contributed by atoms with E-state index in [2.05, 4.69) is 23.7 Å². The Kier molecular flexibility index (Phi) is 4.01. The van der Waals surface area contributed by atoms with Gasteiger partial charge in [0, 0.05) is 11.8 Å². The highest BCUT2D eigenvalue weighted by Gasteiger charge is 2.01. The number of benzene rings is 1. The lowest BCUT2D eigenvalue weighted by atomic mass is 10.2. The lowest BCUT2D eigenvalue weighted by molar-refractivity contribution is 0.828. The maximum absolute atomic E-state index is 6.19. The first-order chi connectivity index (χ1) is 8.31. The summed E-state index contributed by atoms with van der Waals surface area (Å²) in [5, 5.41) is 1.70. The molecule has 1 nitrogen and oxygen atoms in total. The van der Waals surface area contributed by atoms with Gasteiger partial charge in [0.25, 0.3) is 0 Å². The van der Waals surface area contributed by atoms with Crippen molar-refractivity contribution in [2.75, 3.05) is 0 Å². The van der Waals surface area contributed by atoms with E-state index in [0.29, 0.717) is 0 Å². The lowest BCUT2D eigenvalue weighted by Gasteiger charge is -2.00. The highest BCUT2D eigenvalue weighted by atomic mass is 35.5. The van der Waals surface area contributed by atoms with E-state index in [-0.39, 0.29) is 0 Å². The molecule has 0 aliphatic rings. The third-order valence-electron chi connectivity index (χ3n) is 2.54. The molecular formula is C15H14ClN. The van der Waals surface area contributed by atoms with E-state index in [1.54, 1.807) is 0 Å². The van der Waals surface area contributed by atoms with Crippen LogP contribution in [0.1, 0.15) is 31.9 Å². The third kappa shape index (κ3) is 2.99. The van der Waals surface area contributed by atoms with Crippen LogP contribution in [0.5, 0.6) is 0 Å². The van der Waals surface area contributed by atoms with E-state index in [1.807, 2.05) is 30.3 Å². The molecule has 0 radical (unpaired) electrons. The Morgan fingerprint density at radius 2 is 2.12 bits per heavy atom. The van der Waals surface area contributed by atoms with Gasteiger partial charge in [-0.1, -0.05) is 49.1 Å². The average Bonchev–Trinajstić information content (AvgIpc) is 2.35. The number of hydrogen-bond acceptors (Lipinski definition) is 1. The Morgan fingerprint density at radius 1 is 1.29 bits per heavy atom. The first-order valence-corrected chi connectivity index (χ1v) is 6.23. The van der Waals surface area contributed by atoms with Gasteiger partial charge in [0.2, 0.25) is 0 Å². The summed E-state index contributed by atoms with van der Waals surface area (Å²) in [7, 11) is 0. The molecule has 2 aromatic rings. The molecule has 0 N–H and O–H groups in total. The summed E-state index contributed by atoms with van der Waals surface area (Å²) in [6, 6.07) is 9.68. The van der Waals surface area contributed by atoms with Gasteiger partial charge in [-0.15, -0.1) is 0 Å². The maximum Gasteiger partial charge on any atom is 0.115 e. The minimum Gasteiger partial charge on any atom is -0.239 e. The van der Waals surface area contributed by atoms with Crippen LogP contribution in [0.4, 0.5) is 0 Å². The minimum atomic E-state index is 0.718. The van der Waals surface area contributed by atoms with Gasteiger partial charge in [0.05, 0.1) is 10.5 Å². The van der Waals surface area contributed by atoms with Crippen LogP contribution >= 0.6 is 11.6 Å². The van der Waals surface area contributed by atoms with Gasteiger partial charge in [-0.05, 0) is 24.5 Å². The van der Waals surface area contributed by atoms with E-state index in [0.717, 1.165) is 34.5 Å². The monoisotopic (exact) mass is 243 g/mol. The van der Waals surface area contributed by atoms with Gasteiger partial charge in [-0.2, -0.15) is 0 Å². The number of unbranched alkanes of at least 4 members (excludes halogenated alkanes) is 2. The van der Waals surface area contributed by atoms with Crippen molar-refractivity contribution in [1.29, 1.82) is 0 Å². The Bertz CT molecular complexity index is 578. The standard InChI is InChI=1S/C15H14ClN/c1-2-3-4-5-8-12-11-14(16)13-9-6-7-10-15(13)17-12/h6-7,9-11H,2-4H2,1H3. The SMILES string of the molecule is CCCCC#Cc1cc(Cl)c2ccccc2n1. The number of aromatic nitrogens is 1. The zero-order valence-corrected chi connectivity index (χ0v) is 10.6. The van der Waals surface area contributed by atoms with Crippen molar-refractivity contribution in [3.05, 3.63) is 41.0 Å².